The maximum Gasteiger partial charge on any atom is 0.198 e. The summed E-state index contributed by atoms with van der Waals surface area (Å²) in [6, 6.07) is 10.3. The molecule has 1 nitrogen and oxygen atoms in total. The number of carbonyl (C=O) groups excluding carboxylic acids is 1. The zero-order valence-corrected chi connectivity index (χ0v) is 7.12. The fourth-order valence-corrected chi connectivity index (χ4v) is 1.17. The Morgan fingerprint density at radius 3 is 2.50 bits per heavy atom. The third kappa shape index (κ3) is 3.33. The number of benzene rings is 1. The molecule has 0 fully saturated rings. The minimum absolute atomic E-state index is 0.576. The van der Waals surface area contributed by atoms with Gasteiger partial charge in [-0.05, 0) is 24.8 Å². The lowest BCUT2D eigenvalue weighted by molar-refractivity contribution is 0.546. The molecule has 1 radical (unpaired) electrons. The fraction of sp³-hybridized carbons (Fsp3) is 0.364. The Balaban J connectivity index is 2.20. The topological polar surface area (TPSA) is 17.1 Å². The van der Waals surface area contributed by atoms with Crippen molar-refractivity contribution < 1.29 is 4.79 Å². The van der Waals surface area contributed by atoms with Crippen LogP contribution in [0.25, 0.3) is 0 Å². The number of rotatable bonds is 5. The van der Waals surface area contributed by atoms with Crippen LogP contribution in [0.4, 0.5) is 0 Å². The summed E-state index contributed by atoms with van der Waals surface area (Å²) in [5.74, 6) is 0. The largest absolute Gasteiger partial charge is 0.291 e. The van der Waals surface area contributed by atoms with Gasteiger partial charge in [0.15, 0.2) is 6.29 Å². The summed E-state index contributed by atoms with van der Waals surface area (Å²) in [5.41, 5.74) is 1.35. The van der Waals surface area contributed by atoms with Gasteiger partial charge >= 0.3 is 0 Å². The molecule has 0 saturated heterocycles. The molecule has 63 valence electrons. The minimum atomic E-state index is 0.576. The normalized spacial score (nSPS) is 9.67. The highest BCUT2D eigenvalue weighted by Gasteiger charge is 1.91. The molecule has 0 aliphatic heterocycles. The van der Waals surface area contributed by atoms with Gasteiger partial charge in [-0.1, -0.05) is 30.3 Å². The van der Waals surface area contributed by atoms with Gasteiger partial charge in [0.2, 0.25) is 0 Å². The lowest BCUT2D eigenvalue weighted by Gasteiger charge is -1.97. The van der Waals surface area contributed by atoms with Gasteiger partial charge in [-0.3, -0.25) is 4.79 Å². The van der Waals surface area contributed by atoms with Crippen molar-refractivity contribution in [2.75, 3.05) is 0 Å². The van der Waals surface area contributed by atoms with Crippen molar-refractivity contribution in [3.05, 3.63) is 35.9 Å². The van der Waals surface area contributed by atoms with E-state index in [2.05, 4.69) is 12.1 Å². The van der Waals surface area contributed by atoms with Crippen molar-refractivity contribution in [2.45, 2.75) is 25.7 Å². The monoisotopic (exact) mass is 161 g/mol. The first-order valence-corrected chi connectivity index (χ1v) is 4.32. The second-order valence-electron chi connectivity index (χ2n) is 2.84. The highest BCUT2D eigenvalue weighted by atomic mass is 16.1. The third-order valence-electron chi connectivity index (χ3n) is 1.84. The van der Waals surface area contributed by atoms with Gasteiger partial charge < -0.3 is 0 Å². The number of hydrogen-bond acceptors (Lipinski definition) is 1. The molecule has 0 aromatic heterocycles. The van der Waals surface area contributed by atoms with Crippen molar-refractivity contribution in [1.29, 1.82) is 0 Å². The van der Waals surface area contributed by atoms with Gasteiger partial charge in [-0.15, -0.1) is 0 Å². The van der Waals surface area contributed by atoms with Gasteiger partial charge in [0, 0.05) is 6.42 Å². The Kier molecular flexibility index (Phi) is 4.14. The van der Waals surface area contributed by atoms with E-state index in [1.165, 1.54) is 5.56 Å². The van der Waals surface area contributed by atoms with Crippen LogP contribution in [0.5, 0.6) is 0 Å². The lowest BCUT2D eigenvalue weighted by atomic mass is 10.1. The van der Waals surface area contributed by atoms with Gasteiger partial charge in [-0.25, -0.2) is 0 Å². The zero-order valence-electron chi connectivity index (χ0n) is 7.12. The van der Waals surface area contributed by atoms with Crippen LogP contribution < -0.4 is 0 Å². The summed E-state index contributed by atoms with van der Waals surface area (Å²) < 4.78 is 0. The third-order valence-corrected chi connectivity index (χ3v) is 1.84. The summed E-state index contributed by atoms with van der Waals surface area (Å²) in [4.78, 5) is 9.89. The highest BCUT2D eigenvalue weighted by Crippen LogP contribution is 2.04. The van der Waals surface area contributed by atoms with E-state index in [1.807, 2.05) is 24.5 Å². The van der Waals surface area contributed by atoms with Crippen LogP contribution in [0, 0.1) is 0 Å². The Morgan fingerprint density at radius 1 is 1.08 bits per heavy atom. The second kappa shape index (κ2) is 5.53. The van der Waals surface area contributed by atoms with E-state index >= 15 is 0 Å². The Bertz CT molecular complexity index is 216. The Morgan fingerprint density at radius 2 is 1.83 bits per heavy atom. The van der Waals surface area contributed by atoms with E-state index in [1.54, 1.807) is 0 Å². The van der Waals surface area contributed by atoms with E-state index < -0.39 is 0 Å². The summed E-state index contributed by atoms with van der Waals surface area (Å²) in [5, 5.41) is 0. The summed E-state index contributed by atoms with van der Waals surface area (Å²) in [7, 11) is 0. The lowest BCUT2D eigenvalue weighted by Crippen LogP contribution is -1.85. The second-order valence-corrected chi connectivity index (χ2v) is 2.84. The van der Waals surface area contributed by atoms with Gasteiger partial charge in [0.05, 0.1) is 0 Å². The van der Waals surface area contributed by atoms with Crippen LogP contribution in [-0.4, -0.2) is 6.29 Å². The van der Waals surface area contributed by atoms with Crippen molar-refractivity contribution in [3.63, 3.8) is 0 Å². The summed E-state index contributed by atoms with van der Waals surface area (Å²) >= 11 is 0. The maximum atomic E-state index is 9.89. The van der Waals surface area contributed by atoms with Crippen molar-refractivity contribution in [3.8, 4) is 0 Å². The smallest absolute Gasteiger partial charge is 0.198 e. The van der Waals surface area contributed by atoms with E-state index in [4.69, 9.17) is 0 Å². The standard InChI is InChI=1S/C11H13O/c12-10-6-2-5-9-11-7-3-1-4-8-11/h1,3-4,7-8H,2,5-6,9H2. The summed E-state index contributed by atoms with van der Waals surface area (Å²) in [6.07, 6.45) is 5.59. The van der Waals surface area contributed by atoms with Crippen LogP contribution in [0.15, 0.2) is 30.3 Å². The average molecular weight is 161 g/mol. The number of aryl methyl sites for hydroxylation is 1. The molecule has 0 heterocycles. The average Bonchev–Trinajstić information content (AvgIpc) is 2.14. The first-order valence-electron chi connectivity index (χ1n) is 4.32. The molecular formula is C11H13O. The molecule has 0 unspecified atom stereocenters. The highest BCUT2D eigenvalue weighted by molar-refractivity contribution is 5.50. The van der Waals surface area contributed by atoms with Crippen molar-refractivity contribution >= 4 is 6.29 Å². The number of unbranched alkanes of at least 4 members (excludes halogenated alkanes) is 2. The molecule has 12 heavy (non-hydrogen) atoms. The summed E-state index contributed by atoms with van der Waals surface area (Å²) in [6.45, 7) is 0. The van der Waals surface area contributed by atoms with Gasteiger partial charge in [0.1, 0.15) is 0 Å². The fourth-order valence-electron chi connectivity index (χ4n) is 1.17. The molecule has 0 atom stereocenters. The van der Waals surface area contributed by atoms with Crippen molar-refractivity contribution in [2.24, 2.45) is 0 Å². The molecule has 0 amide bonds. The van der Waals surface area contributed by atoms with Gasteiger partial charge in [0.25, 0.3) is 0 Å². The number of hydrogen-bond donors (Lipinski definition) is 0. The molecule has 1 heteroatoms. The Labute approximate surface area is 73.4 Å². The molecule has 0 bridgehead atoms. The van der Waals surface area contributed by atoms with E-state index in [-0.39, 0.29) is 0 Å². The molecule has 0 aliphatic carbocycles. The molecule has 0 spiro atoms. The molecule has 0 aliphatic rings. The molecule has 1 aromatic rings. The van der Waals surface area contributed by atoms with Crippen molar-refractivity contribution in [1.82, 2.24) is 0 Å². The minimum Gasteiger partial charge on any atom is -0.291 e. The van der Waals surface area contributed by atoms with Crippen LogP contribution in [0.3, 0.4) is 0 Å². The predicted octanol–water partition coefficient (Wildman–Crippen LogP) is 2.51. The van der Waals surface area contributed by atoms with Crippen LogP contribution >= 0.6 is 0 Å². The quantitative estimate of drug-likeness (QED) is 0.606. The van der Waals surface area contributed by atoms with Gasteiger partial charge in [-0.2, -0.15) is 0 Å². The van der Waals surface area contributed by atoms with Crippen LogP contribution in [-0.2, 0) is 11.2 Å². The molecule has 0 N–H and O–H groups in total. The van der Waals surface area contributed by atoms with Crippen LogP contribution in [0.1, 0.15) is 24.8 Å². The SMILES string of the molecule is O=[C]CCCCc1ccccc1. The molecule has 1 rings (SSSR count). The first kappa shape index (κ1) is 8.98. The zero-order chi connectivity index (χ0) is 8.65. The first-order chi connectivity index (χ1) is 5.93. The molecule has 0 saturated carbocycles. The maximum absolute atomic E-state index is 9.89. The van der Waals surface area contributed by atoms with Crippen LogP contribution in [0.2, 0.25) is 0 Å². The predicted molar refractivity (Wildman–Crippen MR) is 49.7 cm³/mol. The van der Waals surface area contributed by atoms with E-state index in [0.29, 0.717) is 6.42 Å². The Hall–Kier alpha value is -1.11. The molecule has 1 aromatic carbocycles. The molecular weight excluding hydrogens is 148 g/mol. The van der Waals surface area contributed by atoms with E-state index in [9.17, 15) is 4.79 Å². The van der Waals surface area contributed by atoms with E-state index in [0.717, 1.165) is 19.3 Å².